The van der Waals surface area contributed by atoms with Crippen molar-refractivity contribution in [2.75, 3.05) is 31.8 Å². The number of nitrogens with one attached hydrogen (secondary N) is 1. The molecular formula is C12H20N2O6S. The SMILES string of the molecule is CN(C(=O)NC1CCS(=O)(=O)CC1)C1COCC1C(=O)O. The Bertz CT molecular complexity index is 506. The fourth-order valence-electron chi connectivity index (χ4n) is 2.62. The summed E-state index contributed by atoms with van der Waals surface area (Å²) in [6.07, 6.45) is 0.789. The summed E-state index contributed by atoms with van der Waals surface area (Å²) < 4.78 is 27.8. The summed E-state index contributed by atoms with van der Waals surface area (Å²) in [5.41, 5.74) is 0. The summed E-state index contributed by atoms with van der Waals surface area (Å²) in [5.74, 6) is -1.56. The molecule has 2 amide bonds. The summed E-state index contributed by atoms with van der Waals surface area (Å²) in [6.45, 7) is 0.291. The summed E-state index contributed by atoms with van der Waals surface area (Å²) in [7, 11) is -1.44. The van der Waals surface area contributed by atoms with Gasteiger partial charge in [-0.3, -0.25) is 4.79 Å². The van der Waals surface area contributed by atoms with E-state index in [0.29, 0.717) is 12.8 Å². The van der Waals surface area contributed by atoms with Gasteiger partial charge in [-0.25, -0.2) is 13.2 Å². The third-order valence-electron chi connectivity index (χ3n) is 4.07. The molecule has 0 bridgehead atoms. The van der Waals surface area contributed by atoms with Crippen LogP contribution in [0.3, 0.4) is 0 Å². The van der Waals surface area contributed by atoms with Gasteiger partial charge in [0.25, 0.3) is 0 Å². The number of urea groups is 1. The van der Waals surface area contributed by atoms with E-state index in [0.717, 1.165) is 0 Å². The largest absolute Gasteiger partial charge is 0.481 e. The highest BCUT2D eigenvalue weighted by Gasteiger charge is 2.39. The number of hydrogen-bond donors (Lipinski definition) is 2. The summed E-state index contributed by atoms with van der Waals surface area (Å²) in [4.78, 5) is 24.6. The zero-order valence-electron chi connectivity index (χ0n) is 11.8. The number of nitrogens with zero attached hydrogens (tertiary/aromatic N) is 1. The molecule has 2 N–H and O–H groups in total. The number of sulfone groups is 1. The lowest BCUT2D eigenvalue weighted by Gasteiger charge is -2.30. The second kappa shape index (κ2) is 6.18. The molecule has 0 radical (unpaired) electrons. The van der Waals surface area contributed by atoms with E-state index in [9.17, 15) is 18.0 Å². The maximum absolute atomic E-state index is 12.1. The van der Waals surface area contributed by atoms with Gasteiger partial charge < -0.3 is 20.1 Å². The van der Waals surface area contributed by atoms with Crippen LogP contribution >= 0.6 is 0 Å². The molecule has 120 valence electrons. The molecule has 2 unspecified atom stereocenters. The van der Waals surface area contributed by atoms with Crippen LogP contribution in [0.5, 0.6) is 0 Å². The van der Waals surface area contributed by atoms with Crippen molar-refractivity contribution in [3.05, 3.63) is 0 Å². The first-order chi connectivity index (χ1) is 9.80. The molecule has 0 aromatic carbocycles. The van der Waals surface area contributed by atoms with Gasteiger partial charge in [0.05, 0.1) is 30.8 Å². The first kappa shape index (κ1) is 16.0. The van der Waals surface area contributed by atoms with E-state index in [1.54, 1.807) is 0 Å². The van der Waals surface area contributed by atoms with Crippen molar-refractivity contribution in [3.8, 4) is 0 Å². The molecule has 0 aromatic heterocycles. The predicted octanol–water partition coefficient (Wildman–Crippen LogP) is -0.695. The van der Waals surface area contributed by atoms with Gasteiger partial charge >= 0.3 is 12.0 Å². The number of carboxylic acid groups (broad SMARTS) is 1. The second-order valence-corrected chi connectivity index (χ2v) is 7.84. The Kier molecular flexibility index (Phi) is 4.72. The quantitative estimate of drug-likeness (QED) is 0.711. The normalized spacial score (nSPS) is 29.0. The van der Waals surface area contributed by atoms with Crippen molar-refractivity contribution in [3.63, 3.8) is 0 Å². The van der Waals surface area contributed by atoms with Crippen molar-refractivity contribution in [2.45, 2.75) is 24.9 Å². The van der Waals surface area contributed by atoms with E-state index in [1.807, 2.05) is 0 Å². The lowest BCUT2D eigenvalue weighted by molar-refractivity contribution is -0.142. The molecule has 8 nitrogen and oxygen atoms in total. The van der Waals surface area contributed by atoms with E-state index in [-0.39, 0.29) is 36.8 Å². The molecule has 2 heterocycles. The van der Waals surface area contributed by atoms with Gasteiger partial charge in [0.2, 0.25) is 0 Å². The molecule has 21 heavy (non-hydrogen) atoms. The summed E-state index contributed by atoms with van der Waals surface area (Å²) in [5, 5.41) is 11.9. The molecule has 2 aliphatic rings. The zero-order chi connectivity index (χ0) is 15.6. The Hall–Kier alpha value is -1.35. The number of carboxylic acids is 1. The average molecular weight is 320 g/mol. The van der Waals surface area contributed by atoms with Crippen LogP contribution in [-0.2, 0) is 19.4 Å². The van der Waals surface area contributed by atoms with Gasteiger partial charge in [0.1, 0.15) is 15.8 Å². The van der Waals surface area contributed by atoms with Gasteiger partial charge in [0.15, 0.2) is 0 Å². The Balaban J connectivity index is 1.90. The Morgan fingerprint density at radius 1 is 1.24 bits per heavy atom. The molecule has 2 aliphatic heterocycles. The van der Waals surface area contributed by atoms with Gasteiger partial charge in [-0.05, 0) is 12.8 Å². The van der Waals surface area contributed by atoms with Gasteiger partial charge in [-0.2, -0.15) is 0 Å². The van der Waals surface area contributed by atoms with E-state index < -0.39 is 27.8 Å². The molecule has 0 aromatic rings. The number of amides is 2. The maximum atomic E-state index is 12.1. The van der Waals surface area contributed by atoms with Crippen molar-refractivity contribution in [1.82, 2.24) is 10.2 Å². The van der Waals surface area contributed by atoms with Crippen molar-refractivity contribution < 1.29 is 27.9 Å². The lowest BCUT2D eigenvalue weighted by atomic mass is 10.0. The number of carbonyl (C=O) groups excluding carboxylic acids is 1. The zero-order valence-corrected chi connectivity index (χ0v) is 12.6. The second-order valence-electron chi connectivity index (χ2n) is 5.54. The number of rotatable bonds is 3. The maximum Gasteiger partial charge on any atom is 0.317 e. The fraction of sp³-hybridized carbons (Fsp3) is 0.833. The van der Waals surface area contributed by atoms with E-state index in [1.165, 1.54) is 11.9 Å². The van der Waals surface area contributed by atoms with E-state index in [4.69, 9.17) is 9.84 Å². The molecule has 2 atom stereocenters. The molecule has 0 aliphatic carbocycles. The third kappa shape index (κ3) is 3.85. The summed E-state index contributed by atoms with van der Waals surface area (Å²) in [6, 6.07) is -1.08. The first-order valence-corrected chi connectivity index (χ1v) is 8.66. The van der Waals surface area contributed by atoms with Crippen LogP contribution in [-0.4, -0.2) is 74.3 Å². The molecule has 0 saturated carbocycles. The number of ether oxygens (including phenoxy) is 1. The smallest absolute Gasteiger partial charge is 0.317 e. The molecule has 9 heteroatoms. The van der Waals surface area contributed by atoms with Crippen LogP contribution < -0.4 is 5.32 Å². The van der Waals surface area contributed by atoms with Crippen molar-refractivity contribution in [2.24, 2.45) is 5.92 Å². The third-order valence-corrected chi connectivity index (χ3v) is 5.78. The highest BCUT2D eigenvalue weighted by atomic mass is 32.2. The fourth-order valence-corrected chi connectivity index (χ4v) is 4.11. The van der Waals surface area contributed by atoms with Gasteiger partial charge in [-0.15, -0.1) is 0 Å². The summed E-state index contributed by atoms with van der Waals surface area (Å²) >= 11 is 0. The molecular weight excluding hydrogens is 300 g/mol. The van der Waals surface area contributed by atoms with Crippen molar-refractivity contribution in [1.29, 1.82) is 0 Å². The topological polar surface area (TPSA) is 113 Å². The van der Waals surface area contributed by atoms with Crippen LogP contribution in [0.25, 0.3) is 0 Å². The highest BCUT2D eigenvalue weighted by molar-refractivity contribution is 7.91. The predicted molar refractivity (Wildman–Crippen MR) is 73.7 cm³/mol. The van der Waals surface area contributed by atoms with E-state index >= 15 is 0 Å². The number of likely N-dealkylation sites (N-methyl/N-ethyl adjacent to an activating group) is 1. The first-order valence-electron chi connectivity index (χ1n) is 6.84. The average Bonchev–Trinajstić information content (AvgIpc) is 2.89. The standard InChI is InChI=1S/C12H20N2O6S/c1-14(10-7-20-6-9(10)11(15)16)12(17)13-8-2-4-21(18,19)5-3-8/h8-10H,2-7H2,1H3,(H,13,17)(H,15,16). The molecule has 2 rings (SSSR count). The number of hydrogen-bond acceptors (Lipinski definition) is 5. The number of aliphatic carboxylic acids is 1. The van der Waals surface area contributed by atoms with Crippen LogP contribution in [0, 0.1) is 5.92 Å². The van der Waals surface area contributed by atoms with Crippen molar-refractivity contribution >= 4 is 21.8 Å². The monoisotopic (exact) mass is 320 g/mol. The minimum atomic E-state index is -2.97. The van der Waals surface area contributed by atoms with Crippen LogP contribution in [0.15, 0.2) is 0 Å². The van der Waals surface area contributed by atoms with Crippen LogP contribution in [0.2, 0.25) is 0 Å². The molecule has 2 fully saturated rings. The molecule has 2 saturated heterocycles. The lowest BCUT2D eigenvalue weighted by Crippen LogP contribution is -2.52. The minimum Gasteiger partial charge on any atom is -0.481 e. The van der Waals surface area contributed by atoms with Gasteiger partial charge in [0, 0.05) is 13.1 Å². The Labute approximate surface area is 123 Å². The molecule has 0 spiro atoms. The van der Waals surface area contributed by atoms with E-state index in [2.05, 4.69) is 5.32 Å². The minimum absolute atomic E-state index is 0.0753. The Morgan fingerprint density at radius 2 is 1.86 bits per heavy atom. The number of carbonyl (C=O) groups is 2. The van der Waals surface area contributed by atoms with Crippen LogP contribution in [0.1, 0.15) is 12.8 Å². The van der Waals surface area contributed by atoms with Crippen LogP contribution in [0.4, 0.5) is 4.79 Å². The highest BCUT2D eigenvalue weighted by Crippen LogP contribution is 2.20. The Morgan fingerprint density at radius 3 is 2.43 bits per heavy atom. The van der Waals surface area contributed by atoms with Gasteiger partial charge in [-0.1, -0.05) is 0 Å².